The van der Waals surface area contributed by atoms with Gasteiger partial charge in [0.2, 0.25) is 0 Å². The number of unbranched alkanes of at least 4 members (excludes halogenated alkanes) is 6. The van der Waals surface area contributed by atoms with Crippen molar-refractivity contribution in [1.82, 2.24) is 4.90 Å². The van der Waals surface area contributed by atoms with E-state index in [9.17, 15) is 14.7 Å². The van der Waals surface area contributed by atoms with Crippen LogP contribution in [0.15, 0.2) is 23.3 Å². The summed E-state index contributed by atoms with van der Waals surface area (Å²) in [4.78, 5) is 26.9. The molecule has 0 aliphatic heterocycles. The minimum atomic E-state index is 0.271. The lowest BCUT2D eigenvalue weighted by Crippen LogP contribution is -2.50. The predicted octanol–water partition coefficient (Wildman–Crippen LogP) is 11.7. The summed E-state index contributed by atoms with van der Waals surface area (Å²) in [6.07, 6.45) is 30.4. The van der Waals surface area contributed by atoms with Crippen molar-refractivity contribution >= 4 is 11.6 Å². The molecule has 0 aromatic carbocycles. The first-order chi connectivity index (χ1) is 24.0. The number of rotatable bonds is 23. The fraction of sp³-hybridized carbons (Fsp3) is 0.870. The van der Waals surface area contributed by atoms with E-state index < -0.39 is 0 Å². The van der Waals surface area contributed by atoms with Gasteiger partial charge in [-0.3, -0.25) is 4.79 Å². The minimum Gasteiger partial charge on any atom is -0.396 e. The van der Waals surface area contributed by atoms with Crippen molar-refractivity contribution in [2.24, 2.45) is 46.3 Å². The summed E-state index contributed by atoms with van der Waals surface area (Å²) >= 11 is 0. The highest BCUT2D eigenvalue weighted by Crippen LogP contribution is 2.67. The lowest BCUT2D eigenvalue weighted by molar-refractivity contribution is -0.117. The Morgan fingerprint density at radius 1 is 0.840 bits per heavy atom. The van der Waals surface area contributed by atoms with Crippen LogP contribution >= 0.6 is 0 Å². The van der Waals surface area contributed by atoms with Crippen LogP contribution in [0, 0.1) is 46.3 Å². The molecule has 4 aliphatic carbocycles. The molecule has 4 nitrogen and oxygen atoms in total. The maximum Gasteiger partial charge on any atom is 0.155 e. The van der Waals surface area contributed by atoms with Crippen LogP contribution in [0.3, 0.4) is 0 Å². The fourth-order valence-electron chi connectivity index (χ4n) is 11.6. The van der Waals surface area contributed by atoms with E-state index in [1.807, 2.05) is 0 Å². The molecular weight excluding hydrogens is 615 g/mol. The monoisotopic (exact) mass is 694 g/mol. The lowest BCUT2D eigenvalue weighted by Gasteiger charge is -2.58. The van der Waals surface area contributed by atoms with Crippen LogP contribution in [0.25, 0.3) is 0 Å². The van der Waals surface area contributed by atoms with E-state index in [-0.39, 0.29) is 6.61 Å². The van der Waals surface area contributed by atoms with Crippen molar-refractivity contribution in [3.63, 3.8) is 0 Å². The minimum absolute atomic E-state index is 0.271. The highest BCUT2D eigenvalue weighted by molar-refractivity contribution is 5.90. The van der Waals surface area contributed by atoms with Gasteiger partial charge in [0.1, 0.15) is 5.78 Å². The quantitative estimate of drug-likeness (QED) is 0.0657. The zero-order valence-electron chi connectivity index (χ0n) is 33.7. The number of aliphatic hydroxyl groups is 1. The van der Waals surface area contributed by atoms with E-state index in [0.29, 0.717) is 35.2 Å². The van der Waals surface area contributed by atoms with E-state index >= 15 is 0 Å². The van der Waals surface area contributed by atoms with Gasteiger partial charge >= 0.3 is 0 Å². The average Bonchev–Trinajstić information content (AvgIpc) is 3.43. The van der Waals surface area contributed by atoms with Crippen molar-refractivity contribution in [3.05, 3.63) is 23.3 Å². The summed E-state index contributed by atoms with van der Waals surface area (Å²) in [5.41, 5.74) is 3.95. The van der Waals surface area contributed by atoms with Gasteiger partial charge in [0.05, 0.1) is 0 Å². The molecule has 50 heavy (non-hydrogen) atoms. The molecule has 0 radical (unpaired) electrons. The molecule has 0 spiro atoms. The summed E-state index contributed by atoms with van der Waals surface area (Å²) < 4.78 is 0. The Labute approximate surface area is 309 Å². The second-order valence-electron chi connectivity index (χ2n) is 18.7. The van der Waals surface area contributed by atoms with Gasteiger partial charge in [0, 0.05) is 19.4 Å². The molecule has 7 unspecified atom stereocenters. The van der Waals surface area contributed by atoms with E-state index in [4.69, 9.17) is 0 Å². The third kappa shape index (κ3) is 11.4. The Morgan fingerprint density at radius 2 is 1.52 bits per heavy atom. The maximum absolute atomic E-state index is 13.1. The van der Waals surface area contributed by atoms with Gasteiger partial charge in [-0.2, -0.15) is 0 Å². The molecule has 0 saturated heterocycles. The van der Waals surface area contributed by atoms with Crippen LogP contribution in [-0.2, 0) is 9.59 Å². The second kappa shape index (κ2) is 20.3. The van der Waals surface area contributed by atoms with Crippen LogP contribution in [0.5, 0.6) is 0 Å². The molecule has 0 aromatic rings. The standard InChI is InChI=1S/C46H79NO3/c1-35(2)17-16-18-36(3)42-23-24-43-41-22-21-39-33-38(25-27-45(39,5)44(41)26-28-46(42,43)6)34-40(50)20-11-9-13-30-47(31-14-15-32-48)29-12-8-7-10-19-37(4)49/h21,34-36,41-44,48H,7-20,22-33H2,1-6H3. The maximum atomic E-state index is 13.1. The Bertz CT molecular complexity index is 1120. The summed E-state index contributed by atoms with van der Waals surface area (Å²) in [5.74, 6) is 5.87. The zero-order chi connectivity index (χ0) is 36.1. The normalized spacial score (nSPS) is 30.7. The van der Waals surface area contributed by atoms with Crippen molar-refractivity contribution in [2.75, 3.05) is 26.2 Å². The summed E-state index contributed by atoms with van der Waals surface area (Å²) in [6.45, 7) is 17.8. The third-order valence-electron chi connectivity index (χ3n) is 14.6. The Kier molecular flexibility index (Phi) is 16.8. The fourth-order valence-corrected chi connectivity index (χ4v) is 11.6. The third-order valence-corrected chi connectivity index (χ3v) is 14.6. The largest absolute Gasteiger partial charge is 0.396 e. The first-order valence-corrected chi connectivity index (χ1v) is 21.7. The number of ketones is 2. The molecule has 3 saturated carbocycles. The molecule has 7 atom stereocenters. The molecule has 1 N–H and O–H groups in total. The van der Waals surface area contributed by atoms with E-state index in [1.165, 1.54) is 76.2 Å². The first-order valence-electron chi connectivity index (χ1n) is 21.7. The number of nitrogens with zero attached hydrogens (tertiary/aromatic N) is 1. The van der Waals surface area contributed by atoms with Crippen molar-refractivity contribution in [3.8, 4) is 0 Å². The molecule has 0 amide bonds. The summed E-state index contributed by atoms with van der Waals surface area (Å²) in [6, 6.07) is 0. The zero-order valence-corrected chi connectivity index (χ0v) is 33.7. The van der Waals surface area contributed by atoms with Crippen LogP contribution in [0.1, 0.15) is 183 Å². The Hall–Kier alpha value is -1.26. The number of fused-ring (bicyclic) bond motifs is 5. The highest BCUT2D eigenvalue weighted by atomic mass is 16.3. The van der Waals surface area contributed by atoms with Crippen molar-refractivity contribution in [2.45, 2.75) is 183 Å². The summed E-state index contributed by atoms with van der Waals surface area (Å²) in [7, 11) is 0. The molecule has 0 heterocycles. The van der Waals surface area contributed by atoms with E-state index in [1.54, 1.807) is 12.5 Å². The highest BCUT2D eigenvalue weighted by Gasteiger charge is 2.58. The number of carbonyl (C=O) groups is 2. The molecule has 4 rings (SSSR count). The Morgan fingerprint density at radius 3 is 2.22 bits per heavy atom. The van der Waals surface area contributed by atoms with Gasteiger partial charge < -0.3 is 14.8 Å². The number of hydrogen-bond acceptors (Lipinski definition) is 4. The number of aliphatic hydroxyl groups excluding tert-OH is 1. The molecule has 286 valence electrons. The van der Waals surface area contributed by atoms with Crippen LogP contribution < -0.4 is 0 Å². The number of hydrogen-bond donors (Lipinski definition) is 1. The molecule has 3 fully saturated rings. The molecule has 4 aliphatic rings. The van der Waals surface area contributed by atoms with Crippen LogP contribution in [-0.4, -0.2) is 47.8 Å². The topological polar surface area (TPSA) is 57.6 Å². The van der Waals surface area contributed by atoms with Gasteiger partial charge in [-0.1, -0.05) is 90.4 Å². The predicted molar refractivity (Wildman–Crippen MR) is 211 cm³/mol. The van der Waals surface area contributed by atoms with Crippen LogP contribution in [0.2, 0.25) is 0 Å². The Balaban J connectivity index is 1.21. The van der Waals surface area contributed by atoms with Gasteiger partial charge in [-0.25, -0.2) is 0 Å². The van der Waals surface area contributed by atoms with Gasteiger partial charge in [0.15, 0.2) is 5.78 Å². The second-order valence-corrected chi connectivity index (χ2v) is 18.7. The van der Waals surface area contributed by atoms with Gasteiger partial charge in [0.25, 0.3) is 0 Å². The van der Waals surface area contributed by atoms with E-state index in [2.05, 4.69) is 51.7 Å². The number of carbonyl (C=O) groups excluding carboxylic acids is 2. The number of allylic oxidation sites excluding steroid dienone is 4. The summed E-state index contributed by atoms with van der Waals surface area (Å²) in [5, 5.41) is 9.24. The van der Waals surface area contributed by atoms with Gasteiger partial charge in [-0.05, 0) is 169 Å². The van der Waals surface area contributed by atoms with E-state index in [0.717, 1.165) is 113 Å². The van der Waals surface area contributed by atoms with Crippen LogP contribution in [0.4, 0.5) is 0 Å². The van der Waals surface area contributed by atoms with Gasteiger partial charge in [-0.15, -0.1) is 0 Å². The van der Waals surface area contributed by atoms with Crippen molar-refractivity contribution in [1.29, 1.82) is 0 Å². The number of Topliss-reactive ketones (excluding diaryl/α,β-unsaturated/α-hetero) is 1. The lowest BCUT2D eigenvalue weighted by atomic mass is 9.47. The first kappa shape index (κ1) is 41.5. The van der Waals surface area contributed by atoms with Crippen molar-refractivity contribution < 1.29 is 14.7 Å². The average molecular weight is 694 g/mol. The molecule has 0 aromatic heterocycles. The smallest absolute Gasteiger partial charge is 0.155 e. The SMILES string of the molecule is CC(=O)CCCCCCN(CCCCO)CCCCCC(=O)C=C1CCC2(C)C(=CCC3C2CCC2(C)C(C(C)CCCC(C)C)CCC32)C1. The molecular formula is C46H79NO3. The molecule has 4 heteroatoms. The molecule has 0 bridgehead atoms.